The first kappa shape index (κ1) is 13.5. The Hall–Kier alpha value is -0.610. The highest BCUT2D eigenvalue weighted by molar-refractivity contribution is 5.69. The summed E-state index contributed by atoms with van der Waals surface area (Å²) in [6.07, 6.45) is 2.97. The summed E-state index contributed by atoms with van der Waals surface area (Å²) in [4.78, 5) is 11.5. The summed E-state index contributed by atoms with van der Waals surface area (Å²) in [6, 6.07) is 0. The molecule has 1 fully saturated rings. The zero-order chi connectivity index (χ0) is 12.0. The lowest BCUT2D eigenvalue weighted by Gasteiger charge is -2.35. The first-order valence-electron chi connectivity index (χ1n) is 6.01. The monoisotopic (exact) mass is 230 g/mol. The van der Waals surface area contributed by atoms with Crippen molar-refractivity contribution >= 4 is 5.97 Å². The Balaban J connectivity index is 2.23. The number of unbranched alkanes of at least 4 members (excludes halogenated alkanes) is 1. The molecule has 0 spiro atoms. The molecule has 0 N–H and O–H groups in total. The molecule has 0 bridgehead atoms. The molecule has 16 heavy (non-hydrogen) atoms. The number of carbonyl (C=O) groups is 1. The fourth-order valence-electron chi connectivity index (χ4n) is 1.65. The van der Waals surface area contributed by atoms with Gasteiger partial charge in [0, 0.05) is 0 Å². The lowest BCUT2D eigenvalue weighted by Crippen LogP contribution is -2.40. The molecule has 0 aromatic carbocycles. The number of esters is 1. The quantitative estimate of drug-likeness (QED) is 0.537. The second-order valence-electron chi connectivity index (χ2n) is 4.55. The Morgan fingerprint density at radius 2 is 2.25 bits per heavy atom. The third-order valence-electron chi connectivity index (χ3n) is 2.50. The van der Waals surface area contributed by atoms with Gasteiger partial charge in [0.2, 0.25) is 0 Å². The van der Waals surface area contributed by atoms with Crippen molar-refractivity contribution in [3.8, 4) is 0 Å². The van der Waals surface area contributed by atoms with E-state index in [0.717, 1.165) is 19.3 Å². The Bertz CT molecular complexity index is 225. The predicted molar refractivity (Wildman–Crippen MR) is 60.0 cm³/mol. The zero-order valence-electron chi connectivity index (χ0n) is 10.5. The highest BCUT2D eigenvalue weighted by Gasteiger charge is 2.30. The van der Waals surface area contributed by atoms with Crippen molar-refractivity contribution < 1.29 is 19.0 Å². The van der Waals surface area contributed by atoms with E-state index in [1.165, 1.54) is 0 Å². The maximum absolute atomic E-state index is 11.5. The summed E-state index contributed by atoms with van der Waals surface area (Å²) in [5, 5.41) is 0. The average molecular weight is 230 g/mol. The van der Waals surface area contributed by atoms with Gasteiger partial charge >= 0.3 is 5.97 Å². The molecule has 0 aliphatic carbocycles. The largest absolute Gasteiger partial charge is 0.466 e. The molecule has 1 rings (SSSR count). The summed E-state index contributed by atoms with van der Waals surface area (Å²) in [5.74, 6) is -0.747. The van der Waals surface area contributed by atoms with Gasteiger partial charge in [0.25, 0.3) is 0 Å². The van der Waals surface area contributed by atoms with Crippen LogP contribution >= 0.6 is 0 Å². The molecule has 1 atom stereocenters. The molecule has 1 saturated heterocycles. The Morgan fingerprint density at radius 3 is 2.88 bits per heavy atom. The summed E-state index contributed by atoms with van der Waals surface area (Å²) in [7, 11) is 0. The van der Waals surface area contributed by atoms with Crippen molar-refractivity contribution in [2.75, 3.05) is 13.2 Å². The van der Waals surface area contributed by atoms with E-state index in [-0.39, 0.29) is 12.1 Å². The molecule has 1 aliphatic rings. The van der Waals surface area contributed by atoms with Crippen molar-refractivity contribution in [2.45, 2.75) is 58.3 Å². The molecule has 4 heteroatoms. The van der Waals surface area contributed by atoms with E-state index < -0.39 is 5.79 Å². The van der Waals surface area contributed by atoms with Gasteiger partial charge in [-0.2, -0.15) is 0 Å². The zero-order valence-corrected chi connectivity index (χ0v) is 10.5. The smallest absolute Gasteiger partial charge is 0.308 e. The van der Waals surface area contributed by atoms with Crippen LogP contribution in [0.4, 0.5) is 0 Å². The minimum Gasteiger partial charge on any atom is -0.466 e. The molecular weight excluding hydrogens is 208 g/mol. The van der Waals surface area contributed by atoms with E-state index >= 15 is 0 Å². The molecule has 4 nitrogen and oxygen atoms in total. The Kier molecular flexibility index (Phi) is 5.22. The normalized spacial score (nSPS) is 24.1. The number of ether oxygens (including phenoxy) is 3. The lowest BCUT2D eigenvalue weighted by molar-refractivity contribution is -0.273. The number of hydrogen-bond donors (Lipinski definition) is 0. The average Bonchev–Trinajstić information content (AvgIpc) is 2.16. The number of carbonyl (C=O) groups excluding carboxylic acids is 1. The molecule has 0 aromatic heterocycles. The second kappa shape index (κ2) is 6.21. The van der Waals surface area contributed by atoms with Crippen LogP contribution in [0, 0.1) is 0 Å². The van der Waals surface area contributed by atoms with Crippen LogP contribution in [0.5, 0.6) is 0 Å². The van der Waals surface area contributed by atoms with Crippen molar-refractivity contribution in [3.63, 3.8) is 0 Å². The highest BCUT2D eigenvalue weighted by atomic mass is 16.7. The van der Waals surface area contributed by atoms with Gasteiger partial charge in [0.05, 0.1) is 25.7 Å². The van der Waals surface area contributed by atoms with E-state index in [0.29, 0.717) is 19.6 Å². The summed E-state index contributed by atoms with van der Waals surface area (Å²) in [5.41, 5.74) is 0. The topological polar surface area (TPSA) is 44.8 Å². The summed E-state index contributed by atoms with van der Waals surface area (Å²) >= 11 is 0. The van der Waals surface area contributed by atoms with Crippen LogP contribution in [0.3, 0.4) is 0 Å². The Morgan fingerprint density at radius 1 is 1.50 bits per heavy atom. The molecule has 1 aliphatic heterocycles. The molecule has 1 unspecified atom stereocenters. The van der Waals surface area contributed by atoms with Crippen LogP contribution < -0.4 is 0 Å². The fourth-order valence-corrected chi connectivity index (χ4v) is 1.65. The van der Waals surface area contributed by atoms with Crippen molar-refractivity contribution in [2.24, 2.45) is 0 Å². The van der Waals surface area contributed by atoms with Crippen molar-refractivity contribution in [1.29, 1.82) is 0 Å². The molecule has 0 aromatic rings. The van der Waals surface area contributed by atoms with Gasteiger partial charge < -0.3 is 14.2 Å². The number of hydrogen-bond acceptors (Lipinski definition) is 4. The van der Waals surface area contributed by atoms with Gasteiger partial charge in [-0.05, 0) is 26.7 Å². The first-order valence-corrected chi connectivity index (χ1v) is 6.01. The molecular formula is C12H22O4. The number of rotatable bonds is 5. The van der Waals surface area contributed by atoms with Gasteiger partial charge in [-0.25, -0.2) is 0 Å². The third-order valence-corrected chi connectivity index (χ3v) is 2.50. The van der Waals surface area contributed by atoms with E-state index in [2.05, 4.69) is 6.92 Å². The maximum Gasteiger partial charge on any atom is 0.308 e. The molecule has 0 radical (unpaired) electrons. The van der Waals surface area contributed by atoms with E-state index in [4.69, 9.17) is 14.2 Å². The minimum atomic E-state index is -0.577. The highest BCUT2D eigenvalue weighted by Crippen LogP contribution is 2.23. The van der Waals surface area contributed by atoms with Gasteiger partial charge in [0.1, 0.15) is 0 Å². The van der Waals surface area contributed by atoms with Gasteiger partial charge in [-0.15, -0.1) is 0 Å². The first-order chi connectivity index (χ1) is 7.53. The van der Waals surface area contributed by atoms with E-state index in [1.807, 2.05) is 13.8 Å². The van der Waals surface area contributed by atoms with Crippen molar-refractivity contribution in [3.05, 3.63) is 0 Å². The predicted octanol–water partition coefficient (Wildman–Crippen LogP) is 2.26. The van der Waals surface area contributed by atoms with E-state index in [1.54, 1.807) is 0 Å². The lowest BCUT2D eigenvalue weighted by atomic mass is 10.1. The molecule has 0 saturated carbocycles. The summed E-state index contributed by atoms with van der Waals surface area (Å²) in [6.45, 7) is 6.95. The SMILES string of the molecule is CCCCOC(=O)CC1CCOC(C)(C)O1. The van der Waals surface area contributed by atoms with Crippen LogP contribution in [0.2, 0.25) is 0 Å². The van der Waals surface area contributed by atoms with E-state index in [9.17, 15) is 4.79 Å². The minimum absolute atomic E-state index is 0.0714. The fraction of sp³-hybridized carbons (Fsp3) is 0.917. The molecule has 94 valence electrons. The van der Waals surface area contributed by atoms with Crippen LogP contribution in [-0.4, -0.2) is 31.1 Å². The van der Waals surface area contributed by atoms with Crippen LogP contribution in [0.15, 0.2) is 0 Å². The van der Waals surface area contributed by atoms with Gasteiger partial charge in [-0.1, -0.05) is 13.3 Å². The van der Waals surface area contributed by atoms with Crippen molar-refractivity contribution in [1.82, 2.24) is 0 Å². The van der Waals surface area contributed by atoms with Gasteiger partial charge in [0.15, 0.2) is 5.79 Å². The van der Waals surface area contributed by atoms with Crippen LogP contribution in [-0.2, 0) is 19.0 Å². The van der Waals surface area contributed by atoms with Gasteiger partial charge in [-0.3, -0.25) is 4.79 Å². The Labute approximate surface area is 97.2 Å². The maximum atomic E-state index is 11.5. The van der Waals surface area contributed by atoms with Crippen LogP contribution in [0.1, 0.15) is 46.5 Å². The van der Waals surface area contributed by atoms with Crippen LogP contribution in [0.25, 0.3) is 0 Å². The molecule has 0 amide bonds. The second-order valence-corrected chi connectivity index (χ2v) is 4.55. The molecule has 1 heterocycles. The third kappa shape index (κ3) is 4.94. The summed E-state index contributed by atoms with van der Waals surface area (Å²) < 4.78 is 16.1. The standard InChI is InChI=1S/C12H22O4/c1-4-5-7-14-11(13)9-10-6-8-15-12(2,3)16-10/h10H,4-9H2,1-3H3.